The lowest BCUT2D eigenvalue weighted by atomic mass is 10.1. The van der Waals surface area contributed by atoms with Gasteiger partial charge in [-0.15, -0.1) is 11.6 Å². The third-order valence-electron chi connectivity index (χ3n) is 2.41. The number of hydrogen-bond donors (Lipinski definition) is 2. The van der Waals surface area contributed by atoms with E-state index in [1.54, 1.807) is 0 Å². The number of halogens is 4. The van der Waals surface area contributed by atoms with Crippen LogP contribution in [0.1, 0.15) is 5.56 Å². The van der Waals surface area contributed by atoms with Crippen molar-refractivity contribution in [2.75, 3.05) is 24.3 Å². The second kappa shape index (κ2) is 7.11. The van der Waals surface area contributed by atoms with E-state index in [1.807, 2.05) is 0 Å². The monoisotopic (exact) mass is 325 g/mol. The number of hydrogen-bond acceptors (Lipinski definition) is 4. The Balaban J connectivity index is 2.78. The normalized spacial score (nSPS) is 11.0. The second-order valence-corrected chi connectivity index (χ2v) is 4.16. The molecule has 1 aromatic rings. The number of carbonyl (C=O) groups is 1. The number of nitrogens with one attached hydrogen (secondary N) is 2. The summed E-state index contributed by atoms with van der Waals surface area (Å²) in [5, 5.41) is 15.8. The molecule has 1 aromatic carbocycles. The molecular formula is C11H11ClF3N3O3. The molecule has 0 saturated heterocycles. The highest BCUT2D eigenvalue weighted by molar-refractivity contribution is 6.27. The molecule has 0 unspecified atom stereocenters. The summed E-state index contributed by atoms with van der Waals surface area (Å²) in [5.41, 5.74) is -1.85. The quantitative estimate of drug-likeness (QED) is 0.364. The van der Waals surface area contributed by atoms with Crippen LogP contribution in [0, 0.1) is 10.1 Å². The van der Waals surface area contributed by atoms with Gasteiger partial charge in [-0.1, -0.05) is 0 Å². The molecular weight excluding hydrogens is 315 g/mol. The molecule has 0 atom stereocenters. The highest BCUT2D eigenvalue weighted by atomic mass is 35.5. The Kier molecular flexibility index (Phi) is 5.77. The summed E-state index contributed by atoms with van der Waals surface area (Å²) in [6.07, 6.45) is -4.66. The van der Waals surface area contributed by atoms with Crippen molar-refractivity contribution in [3.05, 3.63) is 33.9 Å². The standard InChI is InChI=1S/C11H11ClF3N3O3/c12-6-10(19)17-4-3-16-8-2-1-7(11(13,14)15)5-9(8)18(20)21/h1-2,5,16H,3-4,6H2,(H,17,19). The predicted molar refractivity (Wildman–Crippen MR) is 70.3 cm³/mol. The van der Waals surface area contributed by atoms with Crippen molar-refractivity contribution in [3.8, 4) is 0 Å². The molecule has 2 N–H and O–H groups in total. The van der Waals surface area contributed by atoms with Crippen LogP contribution in [0.25, 0.3) is 0 Å². The van der Waals surface area contributed by atoms with Gasteiger partial charge in [-0.25, -0.2) is 0 Å². The van der Waals surface area contributed by atoms with Crippen molar-refractivity contribution in [2.24, 2.45) is 0 Å². The van der Waals surface area contributed by atoms with Gasteiger partial charge >= 0.3 is 6.18 Å². The van der Waals surface area contributed by atoms with E-state index in [2.05, 4.69) is 10.6 Å². The molecule has 10 heteroatoms. The summed E-state index contributed by atoms with van der Waals surface area (Å²) in [7, 11) is 0. The fourth-order valence-corrected chi connectivity index (χ4v) is 1.55. The minimum Gasteiger partial charge on any atom is -0.378 e. The smallest absolute Gasteiger partial charge is 0.378 e. The van der Waals surface area contributed by atoms with Crippen molar-refractivity contribution >= 4 is 28.9 Å². The summed E-state index contributed by atoms with van der Waals surface area (Å²) in [6, 6.07) is 2.18. The molecule has 116 valence electrons. The SMILES string of the molecule is O=C(CCl)NCCNc1ccc(C(F)(F)F)cc1[N+](=O)[O-]. The highest BCUT2D eigenvalue weighted by Crippen LogP contribution is 2.34. The third-order valence-corrected chi connectivity index (χ3v) is 2.65. The number of benzene rings is 1. The zero-order valence-electron chi connectivity index (χ0n) is 10.5. The van der Waals surface area contributed by atoms with E-state index >= 15 is 0 Å². The van der Waals surface area contributed by atoms with Crippen LogP contribution >= 0.6 is 11.6 Å². The maximum Gasteiger partial charge on any atom is 0.416 e. The first-order valence-electron chi connectivity index (χ1n) is 5.68. The molecule has 0 aliphatic carbocycles. The third kappa shape index (κ3) is 5.10. The van der Waals surface area contributed by atoms with Crippen molar-refractivity contribution in [1.82, 2.24) is 5.32 Å². The molecule has 0 aromatic heterocycles. The molecule has 0 radical (unpaired) electrons. The summed E-state index contributed by atoms with van der Waals surface area (Å²) in [6.45, 7) is 0.235. The van der Waals surface area contributed by atoms with Crippen LogP contribution in [0.5, 0.6) is 0 Å². The Labute approximate surface area is 122 Å². The van der Waals surface area contributed by atoms with Gasteiger partial charge in [0.15, 0.2) is 0 Å². The van der Waals surface area contributed by atoms with Crippen molar-refractivity contribution in [1.29, 1.82) is 0 Å². The van der Waals surface area contributed by atoms with E-state index < -0.39 is 28.3 Å². The van der Waals surface area contributed by atoms with E-state index in [1.165, 1.54) is 0 Å². The van der Waals surface area contributed by atoms with E-state index in [4.69, 9.17) is 11.6 Å². The topological polar surface area (TPSA) is 84.3 Å². The molecule has 0 saturated carbocycles. The first kappa shape index (κ1) is 17.0. The maximum atomic E-state index is 12.5. The first-order chi connectivity index (χ1) is 9.75. The van der Waals surface area contributed by atoms with Crippen LogP contribution in [-0.4, -0.2) is 29.8 Å². The average Bonchev–Trinajstić information content (AvgIpc) is 2.41. The number of nitrogens with zero attached hydrogens (tertiary/aromatic N) is 1. The van der Waals surface area contributed by atoms with E-state index in [0.717, 1.165) is 12.1 Å². The van der Waals surface area contributed by atoms with Crippen LogP contribution < -0.4 is 10.6 Å². The fourth-order valence-electron chi connectivity index (χ4n) is 1.45. The van der Waals surface area contributed by atoms with Crippen LogP contribution in [-0.2, 0) is 11.0 Å². The average molecular weight is 326 g/mol. The largest absolute Gasteiger partial charge is 0.416 e. The predicted octanol–water partition coefficient (Wildman–Crippen LogP) is 2.38. The molecule has 1 rings (SSSR count). The van der Waals surface area contributed by atoms with Crippen LogP contribution in [0.15, 0.2) is 18.2 Å². The van der Waals surface area contributed by atoms with Crippen molar-refractivity contribution in [2.45, 2.75) is 6.18 Å². The summed E-state index contributed by atoms with van der Waals surface area (Å²) in [5.74, 6) is -0.638. The zero-order valence-corrected chi connectivity index (χ0v) is 11.3. The van der Waals surface area contributed by atoms with Gasteiger partial charge in [0.05, 0.1) is 10.5 Å². The first-order valence-corrected chi connectivity index (χ1v) is 6.21. The van der Waals surface area contributed by atoms with Gasteiger partial charge in [-0.2, -0.15) is 13.2 Å². The van der Waals surface area contributed by atoms with Gasteiger partial charge in [0.1, 0.15) is 11.6 Å². The lowest BCUT2D eigenvalue weighted by molar-refractivity contribution is -0.384. The van der Waals surface area contributed by atoms with Gasteiger partial charge in [-0.05, 0) is 12.1 Å². The Morgan fingerprint density at radius 2 is 2.00 bits per heavy atom. The fraction of sp³-hybridized carbons (Fsp3) is 0.364. The summed E-state index contributed by atoms with van der Waals surface area (Å²) < 4.78 is 37.5. The number of carbonyl (C=O) groups excluding carboxylic acids is 1. The molecule has 0 spiro atoms. The lowest BCUT2D eigenvalue weighted by Crippen LogP contribution is -2.29. The molecule has 1 amide bonds. The summed E-state index contributed by atoms with van der Waals surface area (Å²) in [4.78, 5) is 20.7. The number of amides is 1. The number of rotatable bonds is 6. The van der Waals surface area contributed by atoms with Gasteiger partial charge in [0.2, 0.25) is 5.91 Å². The number of nitro groups is 1. The van der Waals surface area contributed by atoms with Gasteiger partial charge in [-0.3, -0.25) is 14.9 Å². The molecule has 0 bridgehead atoms. The molecule has 6 nitrogen and oxygen atoms in total. The number of nitro benzene ring substituents is 1. The van der Waals surface area contributed by atoms with E-state index in [9.17, 15) is 28.1 Å². The highest BCUT2D eigenvalue weighted by Gasteiger charge is 2.32. The van der Waals surface area contributed by atoms with Crippen LogP contribution in [0.4, 0.5) is 24.5 Å². The molecule has 0 fully saturated rings. The maximum absolute atomic E-state index is 12.5. The van der Waals surface area contributed by atoms with Crippen molar-refractivity contribution in [3.63, 3.8) is 0 Å². The second-order valence-electron chi connectivity index (χ2n) is 3.90. The molecule has 0 aliphatic heterocycles. The number of anilines is 1. The van der Waals surface area contributed by atoms with Crippen LogP contribution in [0.2, 0.25) is 0 Å². The van der Waals surface area contributed by atoms with E-state index in [0.29, 0.717) is 6.07 Å². The van der Waals surface area contributed by atoms with E-state index in [-0.39, 0.29) is 24.7 Å². The Hall–Kier alpha value is -2.03. The van der Waals surface area contributed by atoms with Gasteiger partial charge < -0.3 is 10.6 Å². The van der Waals surface area contributed by atoms with Gasteiger partial charge in [0, 0.05) is 19.2 Å². The molecule has 0 heterocycles. The Morgan fingerprint density at radius 3 is 2.52 bits per heavy atom. The van der Waals surface area contributed by atoms with Crippen molar-refractivity contribution < 1.29 is 22.9 Å². The molecule has 0 aliphatic rings. The minimum absolute atomic E-state index is 0.0619. The van der Waals surface area contributed by atoms with Crippen LogP contribution in [0.3, 0.4) is 0 Å². The summed E-state index contributed by atoms with van der Waals surface area (Å²) >= 11 is 5.25. The number of alkyl halides is 4. The minimum atomic E-state index is -4.66. The Morgan fingerprint density at radius 1 is 1.33 bits per heavy atom. The molecule has 21 heavy (non-hydrogen) atoms. The van der Waals surface area contributed by atoms with Gasteiger partial charge in [0.25, 0.3) is 5.69 Å². The zero-order chi connectivity index (χ0) is 16.0. The Bertz CT molecular complexity index is 537. The lowest BCUT2D eigenvalue weighted by Gasteiger charge is -2.10.